The molecule has 0 saturated carbocycles. The van der Waals surface area contributed by atoms with E-state index in [1.54, 1.807) is 18.1 Å². The Balaban J connectivity index is 2.09. The highest BCUT2D eigenvalue weighted by molar-refractivity contribution is 7.98. The molecule has 3 aromatic rings. The molecule has 28 heavy (non-hydrogen) atoms. The molecule has 2 heterocycles. The van der Waals surface area contributed by atoms with Crippen molar-refractivity contribution in [2.75, 3.05) is 11.6 Å². The number of nitrogens with zero attached hydrogens (tertiary/aromatic N) is 3. The van der Waals surface area contributed by atoms with Gasteiger partial charge in [-0.2, -0.15) is 0 Å². The maximum absolute atomic E-state index is 12.3. The Kier molecular flexibility index (Phi) is 5.61. The molecule has 0 aliphatic rings. The minimum absolute atomic E-state index is 0.333. The first-order valence-electron chi connectivity index (χ1n) is 8.74. The Labute approximate surface area is 168 Å². The number of hydrogen-bond donors (Lipinski definition) is 1. The third kappa shape index (κ3) is 4.46. The number of ether oxygens (including phenoxy) is 1. The molecule has 0 saturated heterocycles. The van der Waals surface area contributed by atoms with Gasteiger partial charge in [0.1, 0.15) is 16.8 Å². The van der Waals surface area contributed by atoms with Gasteiger partial charge in [-0.3, -0.25) is 5.32 Å². The summed E-state index contributed by atoms with van der Waals surface area (Å²) in [7, 11) is 1.90. The lowest BCUT2D eigenvalue weighted by molar-refractivity contribution is 0.0635. The zero-order valence-electron chi connectivity index (χ0n) is 16.5. The van der Waals surface area contributed by atoms with E-state index in [0.29, 0.717) is 17.0 Å². The van der Waals surface area contributed by atoms with Crippen molar-refractivity contribution in [3.63, 3.8) is 0 Å². The van der Waals surface area contributed by atoms with Crippen molar-refractivity contribution in [1.29, 1.82) is 0 Å². The number of aromatic nitrogens is 3. The van der Waals surface area contributed by atoms with Gasteiger partial charge in [-0.15, -0.1) is 11.8 Å². The summed E-state index contributed by atoms with van der Waals surface area (Å²) in [4.78, 5) is 22.2. The second-order valence-corrected chi connectivity index (χ2v) is 7.95. The Morgan fingerprint density at radius 1 is 1.21 bits per heavy atom. The number of imidazole rings is 1. The SMILES string of the molecule is CSc1c(C#Cc2ccccc2)nc(NC(=O)OC(C)(C)C)c2ncn(C)c12. The molecule has 7 heteroatoms. The molecule has 6 nitrogen and oxygen atoms in total. The molecular weight excluding hydrogens is 372 g/mol. The van der Waals surface area contributed by atoms with E-state index in [1.165, 1.54) is 0 Å². The summed E-state index contributed by atoms with van der Waals surface area (Å²) in [5.74, 6) is 6.60. The molecule has 0 aliphatic carbocycles. The number of nitrogens with one attached hydrogen (secondary N) is 1. The van der Waals surface area contributed by atoms with E-state index < -0.39 is 11.7 Å². The summed E-state index contributed by atoms with van der Waals surface area (Å²) in [6.07, 6.45) is 3.09. The van der Waals surface area contributed by atoms with E-state index in [0.717, 1.165) is 16.0 Å². The van der Waals surface area contributed by atoms with Crippen LogP contribution in [0.25, 0.3) is 11.0 Å². The fourth-order valence-electron chi connectivity index (χ4n) is 2.62. The zero-order chi connectivity index (χ0) is 20.3. The number of carbonyl (C=O) groups is 1. The molecule has 2 aromatic heterocycles. The van der Waals surface area contributed by atoms with Crippen LogP contribution in [0.1, 0.15) is 32.0 Å². The van der Waals surface area contributed by atoms with E-state index in [2.05, 4.69) is 27.1 Å². The number of carbonyl (C=O) groups excluding carboxylic acids is 1. The molecule has 0 bridgehead atoms. The predicted octanol–water partition coefficient (Wildman–Crippen LogP) is 4.44. The number of benzene rings is 1. The summed E-state index contributed by atoms with van der Waals surface area (Å²) in [5.41, 5.74) is 2.33. The van der Waals surface area contributed by atoms with Gasteiger partial charge in [0.2, 0.25) is 0 Å². The Morgan fingerprint density at radius 2 is 1.93 bits per heavy atom. The quantitative estimate of drug-likeness (QED) is 0.514. The molecule has 3 rings (SSSR count). The normalized spacial score (nSPS) is 11.0. The first-order chi connectivity index (χ1) is 13.3. The Bertz CT molecular complexity index is 1070. The summed E-state index contributed by atoms with van der Waals surface area (Å²) in [5, 5.41) is 2.72. The lowest BCUT2D eigenvalue weighted by Crippen LogP contribution is -2.27. The van der Waals surface area contributed by atoms with Crippen molar-refractivity contribution in [2.45, 2.75) is 31.3 Å². The first kappa shape index (κ1) is 19.8. The predicted molar refractivity (Wildman–Crippen MR) is 113 cm³/mol. The summed E-state index contributed by atoms with van der Waals surface area (Å²) >= 11 is 1.55. The van der Waals surface area contributed by atoms with Crippen molar-refractivity contribution in [2.24, 2.45) is 7.05 Å². The summed E-state index contributed by atoms with van der Waals surface area (Å²) < 4.78 is 7.26. The minimum atomic E-state index is -0.609. The van der Waals surface area contributed by atoms with Crippen LogP contribution in [0.15, 0.2) is 41.6 Å². The largest absolute Gasteiger partial charge is 0.444 e. The number of thioether (sulfide) groups is 1. The van der Waals surface area contributed by atoms with E-state index in [1.807, 2.05) is 69.0 Å². The third-order valence-corrected chi connectivity index (χ3v) is 4.53. The molecule has 1 aromatic carbocycles. The fourth-order valence-corrected chi connectivity index (χ4v) is 3.34. The number of hydrogen-bond acceptors (Lipinski definition) is 5. The fraction of sp³-hybridized carbons (Fsp3) is 0.286. The molecule has 0 spiro atoms. The van der Waals surface area contributed by atoms with Gasteiger partial charge in [-0.05, 0) is 45.1 Å². The second-order valence-electron chi connectivity index (χ2n) is 7.14. The number of pyridine rings is 1. The van der Waals surface area contributed by atoms with Gasteiger partial charge < -0.3 is 9.30 Å². The summed E-state index contributed by atoms with van der Waals surface area (Å²) in [6.45, 7) is 5.43. The maximum Gasteiger partial charge on any atom is 0.413 e. The molecule has 0 atom stereocenters. The number of fused-ring (bicyclic) bond motifs is 1. The highest BCUT2D eigenvalue weighted by Crippen LogP contribution is 2.32. The second kappa shape index (κ2) is 7.95. The van der Waals surface area contributed by atoms with Crippen LogP contribution in [0.4, 0.5) is 10.6 Å². The smallest absolute Gasteiger partial charge is 0.413 e. The Morgan fingerprint density at radius 3 is 2.57 bits per heavy atom. The zero-order valence-corrected chi connectivity index (χ0v) is 17.3. The van der Waals surface area contributed by atoms with Crippen molar-refractivity contribution >= 4 is 34.7 Å². The highest BCUT2D eigenvalue weighted by atomic mass is 32.2. The van der Waals surface area contributed by atoms with Crippen molar-refractivity contribution < 1.29 is 9.53 Å². The molecule has 0 fully saturated rings. The van der Waals surface area contributed by atoms with Gasteiger partial charge in [-0.1, -0.05) is 24.1 Å². The van der Waals surface area contributed by atoms with E-state index in [4.69, 9.17) is 4.74 Å². The van der Waals surface area contributed by atoms with Gasteiger partial charge in [-0.25, -0.2) is 14.8 Å². The minimum Gasteiger partial charge on any atom is -0.444 e. The third-order valence-electron chi connectivity index (χ3n) is 3.74. The van der Waals surface area contributed by atoms with Gasteiger partial charge in [0, 0.05) is 12.6 Å². The van der Waals surface area contributed by atoms with E-state index >= 15 is 0 Å². The van der Waals surface area contributed by atoms with Crippen molar-refractivity contribution in [3.05, 3.63) is 47.9 Å². The molecule has 0 unspecified atom stereocenters. The molecule has 1 amide bonds. The highest BCUT2D eigenvalue weighted by Gasteiger charge is 2.21. The van der Waals surface area contributed by atoms with Crippen LogP contribution in [-0.2, 0) is 11.8 Å². The van der Waals surface area contributed by atoms with Gasteiger partial charge in [0.15, 0.2) is 5.82 Å². The van der Waals surface area contributed by atoms with Gasteiger partial charge in [0.25, 0.3) is 0 Å². The Hall–Kier alpha value is -2.98. The van der Waals surface area contributed by atoms with E-state index in [9.17, 15) is 4.79 Å². The van der Waals surface area contributed by atoms with Crippen LogP contribution in [0, 0.1) is 11.8 Å². The van der Waals surface area contributed by atoms with Gasteiger partial charge >= 0.3 is 6.09 Å². The van der Waals surface area contributed by atoms with Crippen LogP contribution in [0.5, 0.6) is 0 Å². The summed E-state index contributed by atoms with van der Waals surface area (Å²) in [6, 6.07) is 9.70. The van der Waals surface area contributed by atoms with Crippen LogP contribution in [-0.4, -0.2) is 32.5 Å². The van der Waals surface area contributed by atoms with Crippen LogP contribution in [0.3, 0.4) is 0 Å². The molecular formula is C21H22N4O2S. The van der Waals surface area contributed by atoms with Gasteiger partial charge in [0.05, 0.1) is 16.7 Å². The monoisotopic (exact) mass is 394 g/mol. The molecule has 0 radical (unpaired) electrons. The van der Waals surface area contributed by atoms with E-state index in [-0.39, 0.29) is 0 Å². The molecule has 1 N–H and O–H groups in total. The number of anilines is 1. The first-order valence-corrected chi connectivity index (χ1v) is 9.97. The van der Waals surface area contributed by atoms with Crippen LogP contribution in [0.2, 0.25) is 0 Å². The van der Waals surface area contributed by atoms with Crippen LogP contribution >= 0.6 is 11.8 Å². The molecule has 144 valence electrons. The average molecular weight is 395 g/mol. The maximum atomic E-state index is 12.3. The standard InChI is InChI=1S/C21H22N4O2S/c1-21(2,3)27-20(26)24-19-16-17(25(4)13-22-16)18(28-5)15(23-19)12-11-14-9-7-6-8-10-14/h6-10,13H,1-5H3,(H,23,24,26). The number of amides is 1. The van der Waals surface area contributed by atoms with Crippen molar-refractivity contribution in [3.8, 4) is 11.8 Å². The number of rotatable bonds is 2. The van der Waals surface area contributed by atoms with Crippen molar-refractivity contribution in [1.82, 2.24) is 14.5 Å². The lowest BCUT2D eigenvalue weighted by Gasteiger charge is -2.19. The number of aryl methyl sites for hydroxylation is 1. The average Bonchev–Trinajstić information content (AvgIpc) is 3.01. The van der Waals surface area contributed by atoms with Crippen LogP contribution < -0.4 is 5.32 Å². The topological polar surface area (TPSA) is 69.0 Å². The molecule has 0 aliphatic heterocycles. The lowest BCUT2D eigenvalue weighted by atomic mass is 10.2.